The summed E-state index contributed by atoms with van der Waals surface area (Å²) in [5.74, 6) is 1.78. The first-order valence-corrected chi connectivity index (χ1v) is 9.04. The van der Waals surface area contributed by atoms with Gasteiger partial charge in [0.05, 0.1) is 11.4 Å². The van der Waals surface area contributed by atoms with E-state index in [1.54, 1.807) is 11.3 Å². The fourth-order valence-corrected chi connectivity index (χ4v) is 4.24. The lowest BCUT2D eigenvalue weighted by molar-refractivity contribution is 0.325. The molecule has 3 heterocycles. The fourth-order valence-electron chi connectivity index (χ4n) is 3.60. The van der Waals surface area contributed by atoms with Gasteiger partial charge in [-0.15, -0.1) is 0 Å². The van der Waals surface area contributed by atoms with E-state index < -0.39 is 0 Å². The Bertz CT molecular complexity index is 804. The van der Waals surface area contributed by atoms with Gasteiger partial charge in [-0.05, 0) is 47.4 Å². The number of aromatic nitrogens is 2. The highest BCUT2D eigenvalue weighted by Gasteiger charge is 2.34. The predicted molar refractivity (Wildman–Crippen MR) is 100 cm³/mol. The van der Waals surface area contributed by atoms with E-state index in [0.29, 0.717) is 5.92 Å². The van der Waals surface area contributed by atoms with Gasteiger partial charge in [0.2, 0.25) is 0 Å². The molecule has 0 saturated heterocycles. The van der Waals surface area contributed by atoms with E-state index in [-0.39, 0.29) is 5.41 Å². The molecule has 0 amide bonds. The van der Waals surface area contributed by atoms with Crippen LogP contribution in [0.15, 0.2) is 35.2 Å². The number of imidazole rings is 1. The Hall–Kier alpha value is -1.61. The number of nitrogens with zero attached hydrogens (tertiary/aromatic N) is 2. The first kappa shape index (κ1) is 16.3. The summed E-state index contributed by atoms with van der Waals surface area (Å²) in [7, 11) is 0. The summed E-state index contributed by atoms with van der Waals surface area (Å²) in [6.45, 7) is 13.5. The second-order valence-corrected chi connectivity index (χ2v) is 8.45. The standard InChI is InChI=1S/C20H25N2S/c1-13(2)17(20(4,5)6)19-18(15-8-10-23-12-15)21-16-11-14(3)7-9-22(16)19/h7-12,17H,1-6H3. The van der Waals surface area contributed by atoms with Gasteiger partial charge in [-0.3, -0.25) is 0 Å². The molecule has 0 aromatic carbocycles. The Labute approximate surface area is 143 Å². The monoisotopic (exact) mass is 325 g/mol. The molecule has 1 atom stereocenters. The minimum atomic E-state index is 0.143. The average Bonchev–Trinajstić information content (AvgIpc) is 3.04. The number of rotatable bonds is 3. The molecule has 0 aliphatic carbocycles. The summed E-state index contributed by atoms with van der Waals surface area (Å²) in [5.41, 5.74) is 6.09. The Morgan fingerprint density at radius 1 is 1.22 bits per heavy atom. The van der Waals surface area contributed by atoms with E-state index >= 15 is 0 Å². The van der Waals surface area contributed by atoms with Gasteiger partial charge in [-0.25, -0.2) is 4.98 Å². The van der Waals surface area contributed by atoms with Crippen LogP contribution in [0.3, 0.4) is 0 Å². The topological polar surface area (TPSA) is 17.3 Å². The molecule has 3 aromatic rings. The molecule has 3 heteroatoms. The Kier molecular flexibility index (Phi) is 4.09. The molecular weight excluding hydrogens is 300 g/mol. The van der Waals surface area contributed by atoms with Crippen molar-refractivity contribution in [2.24, 2.45) is 5.41 Å². The molecule has 1 radical (unpaired) electrons. The van der Waals surface area contributed by atoms with Crippen LogP contribution in [0.25, 0.3) is 16.9 Å². The normalized spacial score (nSPS) is 13.9. The molecule has 0 fully saturated rings. The first-order chi connectivity index (χ1) is 10.8. The van der Waals surface area contributed by atoms with Gasteiger partial charge in [0, 0.05) is 23.1 Å². The van der Waals surface area contributed by atoms with Crippen LogP contribution in [0.4, 0.5) is 0 Å². The molecule has 121 valence electrons. The van der Waals surface area contributed by atoms with Gasteiger partial charge in [-0.2, -0.15) is 11.3 Å². The van der Waals surface area contributed by atoms with Crippen molar-refractivity contribution in [3.8, 4) is 11.3 Å². The van der Waals surface area contributed by atoms with E-state index in [9.17, 15) is 0 Å². The van der Waals surface area contributed by atoms with Crippen LogP contribution < -0.4 is 0 Å². The summed E-state index contributed by atoms with van der Waals surface area (Å²) >= 11 is 1.73. The van der Waals surface area contributed by atoms with Gasteiger partial charge in [0.15, 0.2) is 0 Å². The number of hydrogen-bond donors (Lipinski definition) is 0. The van der Waals surface area contributed by atoms with Gasteiger partial charge >= 0.3 is 0 Å². The minimum absolute atomic E-state index is 0.143. The molecule has 0 bridgehead atoms. The van der Waals surface area contributed by atoms with E-state index in [2.05, 4.69) is 81.1 Å². The first-order valence-electron chi connectivity index (χ1n) is 8.10. The van der Waals surface area contributed by atoms with Crippen molar-refractivity contribution in [1.29, 1.82) is 0 Å². The van der Waals surface area contributed by atoms with Gasteiger partial charge in [-0.1, -0.05) is 34.6 Å². The largest absolute Gasteiger partial charge is 0.303 e. The zero-order chi connectivity index (χ0) is 16.8. The van der Waals surface area contributed by atoms with Crippen molar-refractivity contribution >= 4 is 17.0 Å². The van der Waals surface area contributed by atoms with Crippen LogP contribution in [-0.4, -0.2) is 9.38 Å². The maximum absolute atomic E-state index is 4.99. The average molecular weight is 326 g/mol. The Morgan fingerprint density at radius 2 is 1.96 bits per heavy atom. The lowest BCUT2D eigenvalue weighted by atomic mass is 9.71. The summed E-state index contributed by atoms with van der Waals surface area (Å²) in [4.78, 5) is 4.99. The predicted octanol–water partition coefficient (Wildman–Crippen LogP) is 6.12. The quantitative estimate of drug-likeness (QED) is 0.567. The summed E-state index contributed by atoms with van der Waals surface area (Å²) < 4.78 is 2.28. The maximum Gasteiger partial charge on any atom is 0.137 e. The summed E-state index contributed by atoms with van der Waals surface area (Å²) in [6, 6.07) is 6.51. The van der Waals surface area contributed by atoms with Gasteiger partial charge < -0.3 is 4.40 Å². The van der Waals surface area contributed by atoms with Crippen LogP contribution in [0.1, 0.15) is 51.8 Å². The van der Waals surface area contributed by atoms with Crippen LogP contribution in [0.2, 0.25) is 0 Å². The molecule has 0 aliphatic rings. The third-order valence-electron chi connectivity index (χ3n) is 4.33. The Balaban J connectivity index is 2.34. The van der Waals surface area contributed by atoms with Crippen LogP contribution in [-0.2, 0) is 0 Å². The molecule has 3 aromatic heterocycles. The highest BCUT2D eigenvalue weighted by molar-refractivity contribution is 7.08. The second-order valence-electron chi connectivity index (χ2n) is 7.67. The summed E-state index contributed by atoms with van der Waals surface area (Å²) in [5, 5.41) is 4.33. The fraction of sp³-hybridized carbons (Fsp3) is 0.400. The molecule has 3 rings (SSSR count). The van der Waals surface area contributed by atoms with Crippen LogP contribution in [0.5, 0.6) is 0 Å². The zero-order valence-corrected chi connectivity index (χ0v) is 15.7. The molecule has 2 nitrogen and oxygen atoms in total. The molecule has 23 heavy (non-hydrogen) atoms. The molecular formula is C20H25N2S. The van der Waals surface area contributed by atoms with Crippen molar-refractivity contribution < 1.29 is 0 Å². The number of pyridine rings is 1. The number of thiophene rings is 1. The van der Waals surface area contributed by atoms with Crippen molar-refractivity contribution in [1.82, 2.24) is 9.38 Å². The third kappa shape index (κ3) is 2.94. The van der Waals surface area contributed by atoms with E-state index in [1.165, 1.54) is 22.7 Å². The highest BCUT2D eigenvalue weighted by Crippen LogP contribution is 2.45. The van der Waals surface area contributed by atoms with Crippen molar-refractivity contribution in [3.05, 3.63) is 52.3 Å². The molecule has 0 aliphatic heterocycles. The lowest BCUT2D eigenvalue weighted by Gasteiger charge is -2.34. The number of hydrogen-bond acceptors (Lipinski definition) is 2. The van der Waals surface area contributed by atoms with Gasteiger partial charge in [0.25, 0.3) is 0 Å². The van der Waals surface area contributed by atoms with Crippen LogP contribution >= 0.6 is 11.3 Å². The van der Waals surface area contributed by atoms with Crippen molar-refractivity contribution in [2.75, 3.05) is 0 Å². The second kappa shape index (κ2) is 5.79. The van der Waals surface area contributed by atoms with Crippen molar-refractivity contribution in [3.63, 3.8) is 0 Å². The zero-order valence-electron chi connectivity index (χ0n) is 14.8. The molecule has 0 saturated carbocycles. The van der Waals surface area contributed by atoms with Gasteiger partial charge in [0.1, 0.15) is 5.65 Å². The van der Waals surface area contributed by atoms with E-state index in [4.69, 9.17) is 4.98 Å². The minimum Gasteiger partial charge on any atom is -0.303 e. The maximum atomic E-state index is 4.99. The molecule has 0 spiro atoms. The van der Waals surface area contributed by atoms with E-state index in [0.717, 1.165) is 11.3 Å². The van der Waals surface area contributed by atoms with E-state index in [1.807, 2.05) is 0 Å². The highest BCUT2D eigenvalue weighted by atomic mass is 32.1. The SMILES string of the molecule is C[C](C)C(c1c(-c2ccsc2)nc2cc(C)ccn12)C(C)(C)C. The van der Waals surface area contributed by atoms with Crippen LogP contribution in [0, 0.1) is 18.3 Å². The number of fused-ring (bicyclic) bond motifs is 1. The number of aryl methyl sites for hydroxylation is 1. The Morgan fingerprint density at radius 3 is 2.52 bits per heavy atom. The lowest BCUT2D eigenvalue weighted by Crippen LogP contribution is -2.24. The third-order valence-corrected chi connectivity index (χ3v) is 5.01. The molecule has 0 N–H and O–H groups in total. The summed E-state index contributed by atoms with van der Waals surface area (Å²) in [6.07, 6.45) is 2.17. The van der Waals surface area contributed by atoms with Crippen molar-refractivity contribution in [2.45, 2.75) is 47.5 Å². The smallest absolute Gasteiger partial charge is 0.137 e. The molecule has 1 unspecified atom stereocenters.